The van der Waals surface area contributed by atoms with Crippen LogP contribution in [0.2, 0.25) is 0 Å². The minimum atomic E-state index is 0.946. The lowest BCUT2D eigenvalue weighted by Crippen LogP contribution is -2.15. The van der Waals surface area contributed by atoms with E-state index in [0.717, 1.165) is 26.1 Å². The lowest BCUT2D eigenvalue weighted by molar-refractivity contribution is 0.631. The van der Waals surface area contributed by atoms with Gasteiger partial charge in [-0.15, -0.1) is 11.3 Å². The molecule has 2 aromatic rings. The van der Waals surface area contributed by atoms with Crippen LogP contribution < -0.4 is 5.32 Å². The van der Waals surface area contributed by atoms with Crippen LogP contribution in [0.4, 0.5) is 0 Å². The van der Waals surface area contributed by atoms with Crippen LogP contribution in [0.5, 0.6) is 0 Å². The van der Waals surface area contributed by atoms with E-state index in [1.54, 1.807) is 0 Å². The van der Waals surface area contributed by atoms with Crippen LogP contribution in [0.25, 0.3) is 0 Å². The normalized spacial score (nSPS) is 10.9. The Morgan fingerprint density at radius 1 is 1.24 bits per heavy atom. The lowest BCUT2D eigenvalue weighted by atomic mass is 10.2. The van der Waals surface area contributed by atoms with Crippen molar-refractivity contribution in [3.8, 4) is 0 Å². The zero-order chi connectivity index (χ0) is 12.1. The Morgan fingerprint density at radius 3 is 2.88 bits per heavy atom. The molecule has 17 heavy (non-hydrogen) atoms. The van der Waals surface area contributed by atoms with Gasteiger partial charge in [-0.1, -0.05) is 6.92 Å². The summed E-state index contributed by atoms with van der Waals surface area (Å²) in [6, 6.07) is 6.53. The molecule has 0 atom stereocenters. The van der Waals surface area contributed by atoms with Gasteiger partial charge in [-0.2, -0.15) is 0 Å². The maximum Gasteiger partial charge on any atom is 0.0362 e. The van der Waals surface area contributed by atoms with Crippen molar-refractivity contribution in [3.05, 3.63) is 45.9 Å². The highest BCUT2D eigenvalue weighted by molar-refractivity contribution is 7.10. The summed E-state index contributed by atoms with van der Waals surface area (Å²) in [4.78, 5) is 1.47. The first-order valence-electron chi connectivity index (χ1n) is 6.25. The van der Waals surface area contributed by atoms with Crippen molar-refractivity contribution in [2.45, 2.75) is 39.9 Å². The van der Waals surface area contributed by atoms with Gasteiger partial charge in [0.2, 0.25) is 0 Å². The minimum Gasteiger partial charge on any atom is -0.351 e. The van der Waals surface area contributed by atoms with E-state index in [0.29, 0.717) is 0 Å². The standard InChI is InChI=1S/C14H20N2S/c1-3-12-7-9-17-14(12)11-15-10-13-6-5-8-16(13)4-2/h5-9,15H,3-4,10-11H2,1-2H3. The van der Waals surface area contributed by atoms with Gasteiger partial charge in [0, 0.05) is 36.4 Å². The topological polar surface area (TPSA) is 17.0 Å². The van der Waals surface area contributed by atoms with E-state index in [1.165, 1.54) is 16.1 Å². The predicted octanol–water partition coefficient (Wildman–Crippen LogP) is 3.42. The number of thiophene rings is 1. The van der Waals surface area contributed by atoms with Crippen LogP contribution in [0.1, 0.15) is 30.0 Å². The first-order valence-corrected chi connectivity index (χ1v) is 7.13. The Kier molecular flexibility index (Phi) is 4.40. The van der Waals surface area contributed by atoms with E-state index in [9.17, 15) is 0 Å². The molecule has 1 N–H and O–H groups in total. The third-order valence-electron chi connectivity index (χ3n) is 3.07. The second kappa shape index (κ2) is 6.03. The predicted molar refractivity (Wildman–Crippen MR) is 74.3 cm³/mol. The van der Waals surface area contributed by atoms with Crippen molar-refractivity contribution in [3.63, 3.8) is 0 Å². The van der Waals surface area contributed by atoms with Gasteiger partial charge < -0.3 is 9.88 Å². The molecule has 0 unspecified atom stereocenters. The van der Waals surface area contributed by atoms with Gasteiger partial charge in [-0.05, 0) is 42.5 Å². The van der Waals surface area contributed by atoms with Crippen LogP contribution in [0.15, 0.2) is 29.8 Å². The van der Waals surface area contributed by atoms with Crippen LogP contribution in [0, 0.1) is 0 Å². The summed E-state index contributed by atoms with van der Waals surface area (Å²) in [5.74, 6) is 0. The van der Waals surface area contributed by atoms with Gasteiger partial charge in [0.25, 0.3) is 0 Å². The van der Waals surface area contributed by atoms with Crippen molar-refractivity contribution in [1.29, 1.82) is 0 Å². The van der Waals surface area contributed by atoms with E-state index in [4.69, 9.17) is 0 Å². The number of aryl methyl sites for hydroxylation is 2. The first-order chi connectivity index (χ1) is 8.35. The lowest BCUT2D eigenvalue weighted by Gasteiger charge is -2.08. The van der Waals surface area contributed by atoms with E-state index in [1.807, 2.05) is 11.3 Å². The number of nitrogens with one attached hydrogen (secondary N) is 1. The molecule has 0 aromatic carbocycles. The third-order valence-corrected chi connectivity index (χ3v) is 4.04. The summed E-state index contributed by atoms with van der Waals surface area (Å²) >= 11 is 1.85. The van der Waals surface area contributed by atoms with Crippen molar-refractivity contribution in [2.24, 2.45) is 0 Å². The van der Waals surface area contributed by atoms with Crippen LogP contribution >= 0.6 is 11.3 Å². The number of nitrogens with zero attached hydrogens (tertiary/aromatic N) is 1. The van der Waals surface area contributed by atoms with E-state index in [-0.39, 0.29) is 0 Å². The summed E-state index contributed by atoms with van der Waals surface area (Å²) in [5.41, 5.74) is 2.84. The second-order valence-corrected chi connectivity index (χ2v) is 5.11. The molecular formula is C14H20N2S. The maximum absolute atomic E-state index is 3.53. The zero-order valence-corrected chi connectivity index (χ0v) is 11.4. The highest BCUT2D eigenvalue weighted by Crippen LogP contribution is 2.17. The fourth-order valence-electron chi connectivity index (χ4n) is 2.06. The zero-order valence-electron chi connectivity index (χ0n) is 10.6. The Hall–Kier alpha value is -1.06. The molecule has 2 aromatic heterocycles. The van der Waals surface area contributed by atoms with Gasteiger partial charge in [-0.25, -0.2) is 0 Å². The monoisotopic (exact) mass is 248 g/mol. The minimum absolute atomic E-state index is 0.946. The average Bonchev–Trinajstić information content (AvgIpc) is 2.97. The number of hydrogen-bond donors (Lipinski definition) is 1. The van der Waals surface area contributed by atoms with Gasteiger partial charge in [0.15, 0.2) is 0 Å². The molecule has 0 bridgehead atoms. The molecule has 2 rings (SSSR count). The van der Waals surface area contributed by atoms with Crippen molar-refractivity contribution < 1.29 is 0 Å². The van der Waals surface area contributed by atoms with Crippen molar-refractivity contribution in [1.82, 2.24) is 9.88 Å². The van der Waals surface area contributed by atoms with E-state index in [2.05, 4.69) is 53.5 Å². The maximum atomic E-state index is 3.53. The van der Waals surface area contributed by atoms with Gasteiger partial charge in [0.05, 0.1) is 0 Å². The summed E-state index contributed by atoms with van der Waals surface area (Å²) < 4.78 is 2.28. The van der Waals surface area contributed by atoms with Gasteiger partial charge >= 0.3 is 0 Å². The molecule has 0 amide bonds. The summed E-state index contributed by atoms with van der Waals surface area (Å²) in [6.07, 6.45) is 3.27. The smallest absolute Gasteiger partial charge is 0.0362 e. The molecule has 0 aliphatic rings. The SMILES string of the molecule is CCc1ccsc1CNCc1cccn1CC. The third kappa shape index (κ3) is 2.99. The number of rotatable bonds is 6. The molecule has 0 radical (unpaired) electrons. The fraction of sp³-hybridized carbons (Fsp3) is 0.429. The first kappa shape index (κ1) is 12.4. The van der Waals surface area contributed by atoms with Crippen LogP contribution in [-0.4, -0.2) is 4.57 Å². The second-order valence-electron chi connectivity index (χ2n) is 4.11. The largest absolute Gasteiger partial charge is 0.351 e. The van der Waals surface area contributed by atoms with Gasteiger partial charge in [0.1, 0.15) is 0 Å². The Morgan fingerprint density at radius 2 is 2.12 bits per heavy atom. The molecule has 0 spiro atoms. The van der Waals surface area contributed by atoms with E-state index >= 15 is 0 Å². The molecule has 0 fully saturated rings. The average molecular weight is 248 g/mol. The molecule has 3 heteroatoms. The summed E-state index contributed by atoms with van der Waals surface area (Å²) in [6.45, 7) is 7.37. The van der Waals surface area contributed by atoms with Crippen molar-refractivity contribution >= 4 is 11.3 Å². The number of aromatic nitrogens is 1. The highest BCUT2D eigenvalue weighted by Gasteiger charge is 2.03. The Bertz CT molecular complexity index is 414. The summed E-state index contributed by atoms with van der Waals surface area (Å²) in [5, 5.41) is 5.71. The molecule has 0 saturated carbocycles. The molecular weight excluding hydrogens is 228 g/mol. The van der Waals surface area contributed by atoms with Gasteiger partial charge in [-0.3, -0.25) is 0 Å². The molecule has 0 aliphatic heterocycles. The molecule has 2 heterocycles. The molecule has 2 nitrogen and oxygen atoms in total. The van der Waals surface area contributed by atoms with Crippen molar-refractivity contribution in [2.75, 3.05) is 0 Å². The van der Waals surface area contributed by atoms with Crippen LogP contribution in [-0.2, 0) is 26.1 Å². The quantitative estimate of drug-likeness (QED) is 0.829. The Labute approximate surface area is 107 Å². The number of hydrogen-bond acceptors (Lipinski definition) is 2. The summed E-state index contributed by atoms with van der Waals surface area (Å²) in [7, 11) is 0. The van der Waals surface area contributed by atoms with E-state index < -0.39 is 0 Å². The highest BCUT2D eigenvalue weighted by atomic mass is 32.1. The molecule has 0 aliphatic carbocycles. The molecule has 0 saturated heterocycles. The molecule has 92 valence electrons. The fourth-order valence-corrected chi connectivity index (χ4v) is 3.01. The van der Waals surface area contributed by atoms with Crippen LogP contribution in [0.3, 0.4) is 0 Å². The Balaban J connectivity index is 1.87.